The fourth-order valence-electron chi connectivity index (χ4n) is 3.22. The van der Waals surface area contributed by atoms with Gasteiger partial charge in [-0.1, -0.05) is 29.5 Å². The largest absolute Gasteiger partial charge is 0.444 e. The summed E-state index contributed by atoms with van der Waals surface area (Å²) in [5.74, 6) is 0.656. The van der Waals surface area contributed by atoms with Crippen LogP contribution in [0.3, 0.4) is 0 Å². The number of benzene rings is 1. The number of rotatable bonds is 5. The maximum Gasteiger partial charge on any atom is 0.410 e. The molecule has 1 aliphatic rings. The zero-order chi connectivity index (χ0) is 22.7. The maximum absolute atomic E-state index is 13.0. The number of thiazole rings is 1. The van der Waals surface area contributed by atoms with Crippen LogP contribution in [0.2, 0.25) is 0 Å². The minimum atomic E-state index is -0.529. The SMILES string of the molecule is CC(C)(C)OC(=O)N1CCc2nc(NC(=O)c3ccccc3SCc3cccs3)sc2C1. The van der Waals surface area contributed by atoms with Crippen LogP contribution in [0.4, 0.5) is 9.93 Å². The summed E-state index contributed by atoms with van der Waals surface area (Å²) in [4.78, 5) is 34.9. The van der Waals surface area contributed by atoms with Gasteiger partial charge in [-0.2, -0.15) is 0 Å². The Kier molecular flexibility index (Phi) is 6.88. The minimum absolute atomic E-state index is 0.172. The van der Waals surface area contributed by atoms with E-state index < -0.39 is 5.60 Å². The lowest BCUT2D eigenvalue weighted by atomic mass is 10.2. The van der Waals surface area contributed by atoms with E-state index in [1.54, 1.807) is 28.0 Å². The summed E-state index contributed by atoms with van der Waals surface area (Å²) in [6.45, 7) is 6.58. The number of fused-ring (bicyclic) bond motifs is 1. The van der Waals surface area contributed by atoms with Crippen LogP contribution in [0.1, 0.15) is 46.6 Å². The molecule has 3 heterocycles. The highest BCUT2D eigenvalue weighted by atomic mass is 32.2. The van der Waals surface area contributed by atoms with Crippen molar-refractivity contribution >= 4 is 51.6 Å². The molecule has 168 valence electrons. The molecule has 0 saturated heterocycles. The Labute approximate surface area is 200 Å². The first kappa shape index (κ1) is 22.8. The topological polar surface area (TPSA) is 71.5 Å². The molecule has 32 heavy (non-hydrogen) atoms. The number of nitrogens with one attached hydrogen (secondary N) is 1. The zero-order valence-corrected chi connectivity index (χ0v) is 20.7. The molecule has 0 fully saturated rings. The predicted molar refractivity (Wildman–Crippen MR) is 131 cm³/mol. The number of nitrogens with zero attached hydrogens (tertiary/aromatic N) is 2. The Morgan fingerprint density at radius 1 is 1.22 bits per heavy atom. The Morgan fingerprint density at radius 3 is 2.78 bits per heavy atom. The molecule has 2 aromatic heterocycles. The Bertz CT molecular complexity index is 1100. The second-order valence-corrected chi connectivity index (χ2v) is 11.5. The molecule has 0 bridgehead atoms. The van der Waals surface area contributed by atoms with Crippen molar-refractivity contribution in [3.8, 4) is 0 Å². The van der Waals surface area contributed by atoms with Gasteiger partial charge in [-0.25, -0.2) is 9.78 Å². The van der Waals surface area contributed by atoms with Crippen LogP contribution in [0.15, 0.2) is 46.7 Å². The lowest BCUT2D eigenvalue weighted by Crippen LogP contribution is -2.39. The van der Waals surface area contributed by atoms with Crippen LogP contribution in [-0.4, -0.2) is 34.0 Å². The molecule has 0 aliphatic carbocycles. The number of hydrogen-bond acceptors (Lipinski definition) is 7. The van der Waals surface area contributed by atoms with Crippen LogP contribution in [0.5, 0.6) is 0 Å². The monoisotopic (exact) mass is 487 g/mol. The molecular weight excluding hydrogens is 462 g/mol. The van der Waals surface area contributed by atoms with Gasteiger partial charge in [-0.15, -0.1) is 23.1 Å². The summed E-state index contributed by atoms with van der Waals surface area (Å²) < 4.78 is 5.48. The number of carbonyl (C=O) groups is 2. The van der Waals surface area contributed by atoms with Crippen molar-refractivity contribution in [2.24, 2.45) is 0 Å². The minimum Gasteiger partial charge on any atom is -0.444 e. The average molecular weight is 488 g/mol. The number of hydrogen-bond donors (Lipinski definition) is 1. The van der Waals surface area contributed by atoms with E-state index in [1.807, 2.05) is 51.1 Å². The van der Waals surface area contributed by atoms with Crippen molar-refractivity contribution in [1.82, 2.24) is 9.88 Å². The second kappa shape index (κ2) is 9.64. The van der Waals surface area contributed by atoms with Crippen molar-refractivity contribution in [3.05, 3.63) is 62.8 Å². The predicted octanol–water partition coefficient (Wildman–Crippen LogP) is 6.04. The Hall–Kier alpha value is -2.36. The third-order valence-corrected chi connectivity index (χ3v) is 7.86. The smallest absolute Gasteiger partial charge is 0.410 e. The van der Waals surface area contributed by atoms with E-state index in [1.165, 1.54) is 16.2 Å². The molecule has 0 saturated carbocycles. The highest BCUT2D eigenvalue weighted by molar-refractivity contribution is 7.98. The lowest BCUT2D eigenvalue weighted by molar-refractivity contribution is 0.0225. The van der Waals surface area contributed by atoms with Crippen LogP contribution < -0.4 is 5.32 Å². The van der Waals surface area contributed by atoms with E-state index in [2.05, 4.69) is 21.7 Å². The molecule has 0 spiro atoms. The fraction of sp³-hybridized carbons (Fsp3) is 0.348. The summed E-state index contributed by atoms with van der Waals surface area (Å²) in [5, 5.41) is 5.57. The van der Waals surface area contributed by atoms with Crippen molar-refractivity contribution in [3.63, 3.8) is 0 Å². The first-order valence-corrected chi connectivity index (χ1v) is 13.0. The standard InChI is InChI=1S/C23H25N3O3S3/c1-23(2,3)29-22(28)26-11-10-17-19(13-26)32-21(24-17)25-20(27)16-8-4-5-9-18(16)31-14-15-7-6-12-30-15/h4-9,12H,10-11,13-14H2,1-3H3,(H,24,25,27). The quantitative estimate of drug-likeness (QED) is 0.444. The third kappa shape index (κ3) is 5.70. The van der Waals surface area contributed by atoms with E-state index in [0.717, 1.165) is 21.2 Å². The summed E-state index contributed by atoms with van der Waals surface area (Å²) in [5.41, 5.74) is 1.04. The molecule has 6 nitrogen and oxygen atoms in total. The van der Waals surface area contributed by atoms with Gasteiger partial charge in [-0.05, 0) is 44.4 Å². The highest BCUT2D eigenvalue weighted by Crippen LogP contribution is 2.31. The molecule has 1 N–H and O–H groups in total. The number of thiophene rings is 1. The molecule has 9 heteroatoms. The van der Waals surface area contributed by atoms with Crippen molar-refractivity contribution in [2.45, 2.75) is 50.0 Å². The molecule has 1 aromatic carbocycles. The first-order valence-electron chi connectivity index (χ1n) is 10.3. The van der Waals surface area contributed by atoms with E-state index in [9.17, 15) is 9.59 Å². The summed E-state index contributed by atoms with van der Waals surface area (Å²) in [6.07, 6.45) is 0.326. The molecule has 4 rings (SSSR count). The van der Waals surface area contributed by atoms with Gasteiger partial charge < -0.3 is 9.64 Å². The molecule has 0 unspecified atom stereocenters. The highest BCUT2D eigenvalue weighted by Gasteiger charge is 2.28. The lowest BCUT2D eigenvalue weighted by Gasteiger charge is -2.29. The number of amides is 2. The third-order valence-electron chi connectivity index (χ3n) is 4.69. The number of anilines is 1. The number of ether oxygens (including phenoxy) is 1. The van der Waals surface area contributed by atoms with E-state index in [4.69, 9.17) is 4.74 Å². The van der Waals surface area contributed by atoms with Crippen LogP contribution in [-0.2, 0) is 23.5 Å². The zero-order valence-electron chi connectivity index (χ0n) is 18.2. The van der Waals surface area contributed by atoms with Crippen molar-refractivity contribution in [1.29, 1.82) is 0 Å². The molecular formula is C23H25N3O3S3. The maximum atomic E-state index is 13.0. The molecule has 0 atom stereocenters. The molecule has 2 amide bonds. The number of thioether (sulfide) groups is 1. The summed E-state index contributed by atoms with van der Waals surface area (Å²) >= 11 is 4.78. The van der Waals surface area contributed by atoms with Gasteiger partial charge in [0.25, 0.3) is 5.91 Å². The van der Waals surface area contributed by atoms with Gasteiger partial charge in [0, 0.05) is 33.4 Å². The molecule has 1 aliphatic heterocycles. The number of carbonyl (C=O) groups excluding carboxylic acids is 2. The van der Waals surface area contributed by atoms with Crippen LogP contribution in [0, 0.1) is 0 Å². The second-order valence-electron chi connectivity index (χ2n) is 8.36. The van der Waals surface area contributed by atoms with Gasteiger partial charge in [-0.3, -0.25) is 10.1 Å². The normalized spacial score (nSPS) is 13.5. The van der Waals surface area contributed by atoms with E-state index in [-0.39, 0.29) is 12.0 Å². The van der Waals surface area contributed by atoms with Crippen LogP contribution >= 0.6 is 34.4 Å². The average Bonchev–Trinajstić information content (AvgIpc) is 3.39. The van der Waals surface area contributed by atoms with Gasteiger partial charge in [0.1, 0.15) is 5.60 Å². The Balaban J connectivity index is 1.42. The molecule has 0 radical (unpaired) electrons. The number of aromatic nitrogens is 1. The van der Waals surface area contributed by atoms with Gasteiger partial charge in [0.05, 0.1) is 17.8 Å². The van der Waals surface area contributed by atoms with Crippen LogP contribution in [0.25, 0.3) is 0 Å². The van der Waals surface area contributed by atoms with Crippen molar-refractivity contribution < 1.29 is 14.3 Å². The summed E-state index contributed by atoms with van der Waals surface area (Å²) in [7, 11) is 0. The van der Waals surface area contributed by atoms with Gasteiger partial charge in [0.2, 0.25) is 0 Å². The van der Waals surface area contributed by atoms with E-state index >= 15 is 0 Å². The molecule has 3 aromatic rings. The fourth-order valence-corrected chi connectivity index (χ4v) is 6.06. The van der Waals surface area contributed by atoms with Gasteiger partial charge >= 0.3 is 6.09 Å². The van der Waals surface area contributed by atoms with Gasteiger partial charge in [0.15, 0.2) is 5.13 Å². The Morgan fingerprint density at radius 2 is 2.03 bits per heavy atom. The summed E-state index contributed by atoms with van der Waals surface area (Å²) in [6, 6.07) is 11.8. The van der Waals surface area contributed by atoms with E-state index in [0.29, 0.717) is 30.2 Å². The first-order chi connectivity index (χ1) is 15.3. The van der Waals surface area contributed by atoms with Crippen molar-refractivity contribution in [2.75, 3.05) is 11.9 Å².